The van der Waals surface area contributed by atoms with Crippen LogP contribution in [0.1, 0.15) is 22.8 Å². The van der Waals surface area contributed by atoms with Gasteiger partial charge in [-0.3, -0.25) is 19.7 Å². The van der Waals surface area contributed by atoms with E-state index in [0.717, 1.165) is 5.56 Å². The molecule has 0 radical (unpaired) electrons. The summed E-state index contributed by atoms with van der Waals surface area (Å²) < 4.78 is 0. The summed E-state index contributed by atoms with van der Waals surface area (Å²) >= 11 is 0. The van der Waals surface area contributed by atoms with Gasteiger partial charge in [0.15, 0.2) is 0 Å². The Kier molecular flexibility index (Phi) is 5.09. The van der Waals surface area contributed by atoms with Crippen molar-refractivity contribution in [1.29, 1.82) is 0 Å². The van der Waals surface area contributed by atoms with Crippen molar-refractivity contribution in [3.63, 3.8) is 0 Å². The van der Waals surface area contributed by atoms with Gasteiger partial charge in [-0.15, -0.1) is 0 Å². The van der Waals surface area contributed by atoms with E-state index in [-0.39, 0.29) is 5.56 Å². The van der Waals surface area contributed by atoms with E-state index in [4.69, 9.17) is 5.73 Å². The van der Waals surface area contributed by atoms with Gasteiger partial charge in [-0.2, -0.15) is 0 Å². The molecule has 0 aliphatic rings. The predicted octanol–water partition coefficient (Wildman–Crippen LogP) is 1.73. The third-order valence-electron chi connectivity index (χ3n) is 3.25. The second kappa shape index (κ2) is 7.22. The van der Waals surface area contributed by atoms with E-state index >= 15 is 0 Å². The lowest BCUT2D eigenvalue weighted by Gasteiger charge is -2.09. The molecule has 0 saturated carbocycles. The molecule has 0 spiro atoms. The first kappa shape index (κ1) is 16.2. The quantitative estimate of drug-likeness (QED) is 0.593. The van der Waals surface area contributed by atoms with Crippen molar-refractivity contribution in [2.75, 3.05) is 11.1 Å². The number of imide groups is 1. The lowest BCUT2D eigenvalue weighted by Crippen LogP contribution is -2.39. The van der Waals surface area contributed by atoms with Crippen LogP contribution in [0.25, 0.3) is 0 Å². The molecule has 4 N–H and O–H groups in total. The summed E-state index contributed by atoms with van der Waals surface area (Å²) in [6, 6.07) is 13.2. The van der Waals surface area contributed by atoms with E-state index in [1.807, 2.05) is 24.4 Å². The molecule has 118 valence electrons. The minimum absolute atomic E-state index is 0.245. The Morgan fingerprint density at radius 2 is 1.61 bits per heavy atom. The summed E-state index contributed by atoms with van der Waals surface area (Å²) in [4.78, 5) is 35.6. The van der Waals surface area contributed by atoms with Crippen molar-refractivity contribution in [2.45, 2.75) is 13.3 Å². The number of amides is 3. The van der Waals surface area contributed by atoms with Crippen LogP contribution >= 0.6 is 0 Å². The van der Waals surface area contributed by atoms with Crippen LogP contribution in [0.4, 0.5) is 11.4 Å². The number of carbonyl (C=O) groups is 3. The van der Waals surface area contributed by atoms with Crippen LogP contribution in [0.2, 0.25) is 0 Å². The molecule has 6 heteroatoms. The minimum atomic E-state index is -1.02. The number of para-hydroxylation sites is 1. The summed E-state index contributed by atoms with van der Waals surface area (Å²) in [6.45, 7) is 1.94. The first-order valence-corrected chi connectivity index (χ1v) is 7.11. The SMILES string of the molecule is CCc1ccccc1NC(=O)C(=O)NC(=O)c1ccc(N)cc1. The lowest BCUT2D eigenvalue weighted by molar-refractivity contribution is -0.135. The first-order chi connectivity index (χ1) is 11.0. The van der Waals surface area contributed by atoms with Crippen LogP contribution < -0.4 is 16.4 Å². The predicted molar refractivity (Wildman–Crippen MR) is 87.8 cm³/mol. The number of aryl methyl sites for hydroxylation is 1. The molecule has 0 aromatic heterocycles. The maximum Gasteiger partial charge on any atom is 0.316 e. The molecule has 23 heavy (non-hydrogen) atoms. The highest BCUT2D eigenvalue weighted by Crippen LogP contribution is 2.15. The zero-order chi connectivity index (χ0) is 16.8. The van der Waals surface area contributed by atoms with Gasteiger partial charge in [-0.05, 0) is 42.3 Å². The summed E-state index contributed by atoms with van der Waals surface area (Å²) in [5.41, 5.74) is 7.73. The van der Waals surface area contributed by atoms with E-state index < -0.39 is 17.7 Å². The standard InChI is InChI=1S/C17H17N3O3/c1-2-11-5-3-4-6-14(11)19-16(22)17(23)20-15(21)12-7-9-13(18)10-8-12/h3-10H,2,18H2,1H3,(H,19,22)(H,20,21,23). The van der Waals surface area contributed by atoms with E-state index in [2.05, 4.69) is 5.32 Å². The van der Waals surface area contributed by atoms with Gasteiger partial charge < -0.3 is 11.1 Å². The largest absolute Gasteiger partial charge is 0.399 e. The van der Waals surface area contributed by atoms with Crippen LogP contribution in [-0.2, 0) is 16.0 Å². The monoisotopic (exact) mass is 311 g/mol. The van der Waals surface area contributed by atoms with Crippen LogP contribution in [0.5, 0.6) is 0 Å². The summed E-state index contributed by atoms with van der Waals surface area (Å²) in [5.74, 6) is -2.57. The molecule has 0 aliphatic carbocycles. The fourth-order valence-electron chi connectivity index (χ4n) is 2.00. The van der Waals surface area contributed by atoms with Gasteiger partial charge in [0.1, 0.15) is 0 Å². The molecule has 0 heterocycles. The highest BCUT2D eigenvalue weighted by molar-refractivity contribution is 6.42. The van der Waals surface area contributed by atoms with Crippen molar-refractivity contribution in [3.05, 3.63) is 59.7 Å². The zero-order valence-corrected chi connectivity index (χ0v) is 12.6. The number of rotatable bonds is 3. The zero-order valence-electron chi connectivity index (χ0n) is 12.6. The Hall–Kier alpha value is -3.15. The van der Waals surface area contributed by atoms with Gasteiger partial charge in [-0.25, -0.2) is 0 Å². The van der Waals surface area contributed by atoms with E-state index in [0.29, 0.717) is 17.8 Å². The van der Waals surface area contributed by atoms with Gasteiger partial charge in [0.2, 0.25) is 0 Å². The number of nitrogens with one attached hydrogen (secondary N) is 2. The number of hydrogen-bond donors (Lipinski definition) is 3. The van der Waals surface area contributed by atoms with Crippen molar-refractivity contribution in [2.24, 2.45) is 0 Å². The van der Waals surface area contributed by atoms with Crippen LogP contribution in [-0.4, -0.2) is 17.7 Å². The maximum atomic E-state index is 11.9. The average molecular weight is 311 g/mol. The molecule has 6 nitrogen and oxygen atoms in total. The van der Waals surface area contributed by atoms with Crippen molar-refractivity contribution in [1.82, 2.24) is 5.32 Å². The normalized spacial score (nSPS) is 9.96. The third kappa shape index (κ3) is 4.16. The first-order valence-electron chi connectivity index (χ1n) is 7.11. The highest BCUT2D eigenvalue weighted by Gasteiger charge is 2.18. The number of anilines is 2. The van der Waals surface area contributed by atoms with Gasteiger partial charge in [-0.1, -0.05) is 25.1 Å². The molecule has 0 atom stereocenters. The van der Waals surface area contributed by atoms with E-state index in [1.165, 1.54) is 24.3 Å². The third-order valence-corrected chi connectivity index (χ3v) is 3.25. The Morgan fingerprint density at radius 3 is 2.26 bits per heavy atom. The highest BCUT2D eigenvalue weighted by atomic mass is 16.2. The number of benzene rings is 2. The summed E-state index contributed by atoms with van der Waals surface area (Å²) in [6.07, 6.45) is 0.711. The van der Waals surface area contributed by atoms with Gasteiger partial charge >= 0.3 is 11.8 Å². The molecule has 0 saturated heterocycles. The van der Waals surface area contributed by atoms with Gasteiger partial charge in [0.25, 0.3) is 5.91 Å². The maximum absolute atomic E-state index is 11.9. The lowest BCUT2D eigenvalue weighted by atomic mass is 10.1. The Labute approximate surface area is 133 Å². The number of nitrogen functional groups attached to an aromatic ring is 1. The molecule has 2 rings (SSSR count). The molecule has 0 unspecified atom stereocenters. The topological polar surface area (TPSA) is 101 Å². The molecular formula is C17H17N3O3. The second-order valence-corrected chi connectivity index (χ2v) is 4.87. The van der Waals surface area contributed by atoms with Gasteiger partial charge in [0, 0.05) is 16.9 Å². The number of carbonyl (C=O) groups excluding carboxylic acids is 3. The summed E-state index contributed by atoms with van der Waals surface area (Å²) in [5, 5.41) is 4.55. The Morgan fingerprint density at radius 1 is 0.957 bits per heavy atom. The summed E-state index contributed by atoms with van der Waals surface area (Å²) in [7, 11) is 0. The molecule has 2 aromatic carbocycles. The number of nitrogens with two attached hydrogens (primary N) is 1. The van der Waals surface area contributed by atoms with Gasteiger partial charge in [0.05, 0.1) is 0 Å². The molecule has 0 fully saturated rings. The van der Waals surface area contributed by atoms with Crippen LogP contribution in [0, 0.1) is 0 Å². The smallest absolute Gasteiger partial charge is 0.316 e. The molecule has 3 amide bonds. The fourth-order valence-corrected chi connectivity index (χ4v) is 2.00. The van der Waals surface area contributed by atoms with Crippen LogP contribution in [0.3, 0.4) is 0 Å². The van der Waals surface area contributed by atoms with E-state index in [1.54, 1.807) is 12.1 Å². The average Bonchev–Trinajstić information content (AvgIpc) is 2.55. The minimum Gasteiger partial charge on any atom is -0.399 e. The number of hydrogen-bond acceptors (Lipinski definition) is 4. The molecule has 2 aromatic rings. The van der Waals surface area contributed by atoms with Crippen molar-refractivity contribution in [3.8, 4) is 0 Å². The van der Waals surface area contributed by atoms with Crippen LogP contribution in [0.15, 0.2) is 48.5 Å². The molecule has 0 aliphatic heterocycles. The fraction of sp³-hybridized carbons (Fsp3) is 0.118. The molecule has 0 bridgehead atoms. The van der Waals surface area contributed by atoms with E-state index in [9.17, 15) is 14.4 Å². The van der Waals surface area contributed by atoms with Crippen molar-refractivity contribution >= 4 is 29.1 Å². The molecular weight excluding hydrogens is 294 g/mol. The second-order valence-electron chi connectivity index (χ2n) is 4.87. The van der Waals surface area contributed by atoms with Crippen molar-refractivity contribution < 1.29 is 14.4 Å². The Balaban J connectivity index is 2.01. The Bertz CT molecular complexity index is 739.